The molecule has 5 nitrogen and oxygen atoms in total. The van der Waals surface area contributed by atoms with Gasteiger partial charge in [0.05, 0.1) is 19.3 Å². The summed E-state index contributed by atoms with van der Waals surface area (Å²) < 4.78 is 0. The number of carbonyl (C=O) groups excluding carboxylic acids is 1. The lowest BCUT2D eigenvalue weighted by atomic mass is 9.86. The number of carbonyl (C=O) groups is 1. The molecule has 90 valence electrons. The van der Waals surface area contributed by atoms with Crippen molar-refractivity contribution in [2.24, 2.45) is 11.1 Å². The molecule has 0 unspecified atom stereocenters. The topological polar surface area (TPSA) is 86.8 Å². The first-order chi connectivity index (χ1) is 6.84. The molecule has 1 atom stereocenters. The molecule has 0 saturated carbocycles. The largest absolute Gasteiger partial charge is 0.395 e. The van der Waals surface area contributed by atoms with Crippen LogP contribution in [-0.4, -0.2) is 53.4 Å². The van der Waals surface area contributed by atoms with Crippen LogP contribution in [0.4, 0.5) is 0 Å². The zero-order valence-electron chi connectivity index (χ0n) is 9.73. The normalized spacial score (nSPS) is 13.7. The van der Waals surface area contributed by atoms with Gasteiger partial charge >= 0.3 is 0 Å². The number of aliphatic hydroxyl groups is 2. The molecule has 4 N–H and O–H groups in total. The molecule has 0 spiro atoms. The second-order valence-electron chi connectivity index (χ2n) is 4.62. The number of hydrogen-bond acceptors (Lipinski definition) is 4. The minimum absolute atomic E-state index is 0.122. The summed E-state index contributed by atoms with van der Waals surface area (Å²) in [5.41, 5.74) is 5.48. The van der Waals surface area contributed by atoms with Gasteiger partial charge in [-0.15, -0.1) is 0 Å². The van der Waals surface area contributed by atoms with E-state index in [1.807, 2.05) is 20.8 Å². The Morgan fingerprint density at radius 2 is 1.67 bits per heavy atom. The van der Waals surface area contributed by atoms with Crippen molar-refractivity contribution in [2.45, 2.75) is 26.8 Å². The Kier molecular flexibility index (Phi) is 5.79. The highest BCUT2D eigenvalue weighted by atomic mass is 16.3. The molecule has 5 heteroatoms. The van der Waals surface area contributed by atoms with Crippen molar-refractivity contribution in [2.75, 3.05) is 26.3 Å². The Morgan fingerprint density at radius 3 is 1.93 bits per heavy atom. The highest BCUT2D eigenvalue weighted by Crippen LogP contribution is 2.18. The van der Waals surface area contributed by atoms with Gasteiger partial charge in [-0.2, -0.15) is 0 Å². The molecule has 1 amide bonds. The highest BCUT2D eigenvalue weighted by Gasteiger charge is 2.30. The minimum atomic E-state index is -0.615. The SMILES string of the molecule is CC(C)(C)[C@H](N)C(=O)N(CCO)CCO. The van der Waals surface area contributed by atoms with Gasteiger partial charge in [0.2, 0.25) is 5.91 Å². The van der Waals surface area contributed by atoms with E-state index in [1.54, 1.807) is 0 Å². The minimum Gasteiger partial charge on any atom is -0.395 e. The van der Waals surface area contributed by atoms with Crippen LogP contribution < -0.4 is 5.73 Å². The van der Waals surface area contributed by atoms with Crippen molar-refractivity contribution in [3.05, 3.63) is 0 Å². The summed E-state index contributed by atoms with van der Waals surface area (Å²) in [4.78, 5) is 13.2. The molecule has 0 aliphatic carbocycles. The Hall–Kier alpha value is -0.650. The third-order valence-electron chi connectivity index (χ3n) is 2.25. The van der Waals surface area contributed by atoms with E-state index in [2.05, 4.69) is 0 Å². The van der Waals surface area contributed by atoms with E-state index in [1.165, 1.54) is 4.90 Å². The third-order valence-corrected chi connectivity index (χ3v) is 2.25. The van der Waals surface area contributed by atoms with Crippen LogP contribution in [0.15, 0.2) is 0 Å². The molecular weight excluding hydrogens is 196 g/mol. The van der Waals surface area contributed by atoms with Crippen molar-refractivity contribution in [3.8, 4) is 0 Å². The van der Waals surface area contributed by atoms with Gasteiger partial charge in [0.1, 0.15) is 0 Å². The van der Waals surface area contributed by atoms with Crippen molar-refractivity contribution >= 4 is 5.91 Å². The molecule has 0 bridgehead atoms. The first-order valence-electron chi connectivity index (χ1n) is 5.10. The number of hydrogen-bond donors (Lipinski definition) is 3. The lowest BCUT2D eigenvalue weighted by Gasteiger charge is -2.31. The number of nitrogens with two attached hydrogens (primary N) is 1. The van der Waals surface area contributed by atoms with Crippen LogP contribution >= 0.6 is 0 Å². The molecule has 0 radical (unpaired) electrons. The summed E-state index contributed by atoms with van der Waals surface area (Å²) in [5, 5.41) is 17.6. The van der Waals surface area contributed by atoms with Crippen LogP contribution in [0.25, 0.3) is 0 Å². The second-order valence-corrected chi connectivity index (χ2v) is 4.62. The summed E-state index contributed by atoms with van der Waals surface area (Å²) in [6, 6.07) is -0.615. The molecule has 0 aliphatic heterocycles. The van der Waals surface area contributed by atoms with Crippen LogP contribution in [-0.2, 0) is 4.79 Å². The summed E-state index contributed by atoms with van der Waals surface area (Å²) in [7, 11) is 0. The van der Waals surface area contributed by atoms with Crippen molar-refractivity contribution in [1.29, 1.82) is 0 Å². The van der Waals surface area contributed by atoms with E-state index in [4.69, 9.17) is 15.9 Å². The Morgan fingerprint density at radius 1 is 1.27 bits per heavy atom. The Balaban J connectivity index is 4.48. The molecule has 0 fully saturated rings. The van der Waals surface area contributed by atoms with Crippen LogP contribution in [0.2, 0.25) is 0 Å². The van der Waals surface area contributed by atoms with Gasteiger partial charge in [-0.1, -0.05) is 20.8 Å². The zero-order chi connectivity index (χ0) is 12.1. The van der Waals surface area contributed by atoms with E-state index >= 15 is 0 Å². The van der Waals surface area contributed by atoms with E-state index in [0.29, 0.717) is 0 Å². The quantitative estimate of drug-likeness (QED) is 0.562. The van der Waals surface area contributed by atoms with Gasteiger partial charge in [-0.3, -0.25) is 4.79 Å². The smallest absolute Gasteiger partial charge is 0.240 e. The zero-order valence-corrected chi connectivity index (χ0v) is 9.73. The van der Waals surface area contributed by atoms with Crippen molar-refractivity contribution < 1.29 is 15.0 Å². The van der Waals surface area contributed by atoms with Gasteiger partial charge in [0, 0.05) is 13.1 Å². The molecule has 15 heavy (non-hydrogen) atoms. The predicted molar refractivity (Wildman–Crippen MR) is 58.2 cm³/mol. The molecule has 0 aromatic heterocycles. The molecular formula is C10H22N2O3. The van der Waals surface area contributed by atoms with Crippen LogP contribution in [0.3, 0.4) is 0 Å². The number of aliphatic hydroxyl groups excluding tert-OH is 2. The number of amides is 1. The maximum Gasteiger partial charge on any atom is 0.240 e. The Bertz CT molecular complexity index is 195. The first kappa shape index (κ1) is 14.3. The van der Waals surface area contributed by atoms with Crippen molar-refractivity contribution in [1.82, 2.24) is 4.90 Å². The monoisotopic (exact) mass is 218 g/mol. The average Bonchev–Trinajstić information content (AvgIpc) is 2.14. The fourth-order valence-electron chi connectivity index (χ4n) is 1.14. The van der Waals surface area contributed by atoms with E-state index in [9.17, 15) is 4.79 Å². The maximum absolute atomic E-state index is 11.8. The molecule has 0 saturated heterocycles. The lowest BCUT2D eigenvalue weighted by molar-refractivity contribution is -0.136. The third kappa shape index (κ3) is 4.59. The van der Waals surface area contributed by atoms with Gasteiger partial charge in [0.25, 0.3) is 0 Å². The molecule has 0 heterocycles. The van der Waals surface area contributed by atoms with Gasteiger partial charge in [0.15, 0.2) is 0 Å². The molecule has 0 aromatic rings. The van der Waals surface area contributed by atoms with E-state index in [-0.39, 0.29) is 37.6 Å². The van der Waals surface area contributed by atoms with Crippen LogP contribution in [0, 0.1) is 5.41 Å². The molecule has 0 rings (SSSR count). The highest BCUT2D eigenvalue weighted by molar-refractivity contribution is 5.82. The number of nitrogens with zero attached hydrogens (tertiary/aromatic N) is 1. The van der Waals surface area contributed by atoms with Crippen LogP contribution in [0.5, 0.6) is 0 Å². The summed E-state index contributed by atoms with van der Waals surface area (Å²) >= 11 is 0. The summed E-state index contributed by atoms with van der Waals surface area (Å²) in [6.45, 7) is 5.82. The van der Waals surface area contributed by atoms with Crippen LogP contribution in [0.1, 0.15) is 20.8 Å². The van der Waals surface area contributed by atoms with E-state index < -0.39 is 6.04 Å². The lowest BCUT2D eigenvalue weighted by Crippen LogP contribution is -2.51. The first-order valence-corrected chi connectivity index (χ1v) is 5.10. The van der Waals surface area contributed by atoms with Gasteiger partial charge < -0.3 is 20.8 Å². The summed E-state index contributed by atoms with van der Waals surface area (Å²) in [6.07, 6.45) is 0. The number of rotatable bonds is 5. The van der Waals surface area contributed by atoms with Gasteiger partial charge in [-0.05, 0) is 5.41 Å². The van der Waals surface area contributed by atoms with Crippen molar-refractivity contribution in [3.63, 3.8) is 0 Å². The standard InChI is InChI=1S/C10H22N2O3/c1-10(2,3)8(11)9(15)12(4-6-13)5-7-14/h8,13-14H,4-7,11H2,1-3H3/t8-/m1/s1. The maximum atomic E-state index is 11.8. The fraction of sp³-hybridized carbons (Fsp3) is 0.900. The Labute approximate surface area is 90.9 Å². The second kappa shape index (κ2) is 6.05. The van der Waals surface area contributed by atoms with E-state index in [0.717, 1.165) is 0 Å². The average molecular weight is 218 g/mol. The molecule has 0 aromatic carbocycles. The molecule has 0 aliphatic rings. The summed E-state index contributed by atoms with van der Waals surface area (Å²) in [5.74, 6) is -0.231. The van der Waals surface area contributed by atoms with Gasteiger partial charge in [-0.25, -0.2) is 0 Å². The predicted octanol–water partition coefficient (Wildman–Crippen LogP) is -0.827. The fourth-order valence-corrected chi connectivity index (χ4v) is 1.14.